The van der Waals surface area contributed by atoms with Gasteiger partial charge in [0.15, 0.2) is 0 Å². The van der Waals surface area contributed by atoms with Crippen LogP contribution in [-0.2, 0) is 0 Å². The van der Waals surface area contributed by atoms with Crippen molar-refractivity contribution in [3.63, 3.8) is 0 Å². The second-order valence-electron chi connectivity index (χ2n) is 5.93. The molecule has 0 spiro atoms. The second-order valence-corrected chi connectivity index (χ2v) is 5.93. The van der Waals surface area contributed by atoms with Gasteiger partial charge in [-0.15, -0.1) is 0 Å². The average molecular weight is 293 g/mol. The molecule has 0 aliphatic heterocycles. The van der Waals surface area contributed by atoms with Crippen molar-refractivity contribution in [2.75, 3.05) is 13.7 Å². The molecule has 0 bridgehead atoms. The molecule has 122 valence electrons. The fourth-order valence-electron chi connectivity index (χ4n) is 2.66. The Kier molecular flexibility index (Phi) is 13.5. The zero-order valence-electron chi connectivity index (χ0n) is 14.3. The van der Waals surface area contributed by atoms with Gasteiger partial charge in [0.2, 0.25) is 0 Å². The van der Waals surface area contributed by atoms with Gasteiger partial charge >= 0.3 is 0 Å². The molecule has 1 fully saturated rings. The van der Waals surface area contributed by atoms with Crippen molar-refractivity contribution in [1.82, 2.24) is 5.32 Å². The third-order valence-electron chi connectivity index (χ3n) is 4.08. The Morgan fingerprint density at radius 1 is 1.29 bits per heavy atom. The molecule has 2 nitrogen and oxygen atoms in total. The molecule has 1 atom stereocenters. The van der Waals surface area contributed by atoms with Gasteiger partial charge in [0, 0.05) is 13.2 Å². The molecule has 1 aliphatic carbocycles. The minimum atomic E-state index is 0.581. The minimum absolute atomic E-state index is 0.581. The molecule has 2 heteroatoms. The largest absolute Gasteiger partial charge is 0.400 e. The summed E-state index contributed by atoms with van der Waals surface area (Å²) in [5.74, 6) is 0.988. The van der Waals surface area contributed by atoms with Gasteiger partial charge < -0.3 is 10.4 Å². The van der Waals surface area contributed by atoms with Crippen molar-refractivity contribution in [2.45, 2.75) is 64.8 Å². The van der Waals surface area contributed by atoms with Gasteiger partial charge in [-0.25, -0.2) is 0 Å². The van der Waals surface area contributed by atoms with E-state index in [0.717, 1.165) is 19.4 Å². The van der Waals surface area contributed by atoms with Crippen molar-refractivity contribution in [2.24, 2.45) is 5.92 Å². The number of allylic oxidation sites excluding steroid dienone is 4. The molecule has 1 saturated carbocycles. The zero-order chi connectivity index (χ0) is 15.9. The number of hydrogen-bond donors (Lipinski definition) is 2. The summed E-state index contributed by atoms with van der Waals surface area (Å²) in [6.07, 6.45) is 18.1. The first-order valence-electron chi connectivity index (χ1n) is 8.36. The summed E-state index contributed by atoms with van der Waals surface area (Å²) in [6.45, 7) is 9.27. The summed E-state index contributed by atoms with van der Waals surface area (Å²) in [7, 11) is 1.00. The Balaban J connectivity index is 0.00000191. The zero-order valence-corrected chi connectivity index (χ0v) is 14.3. The van der Waals surface area contributed by atoms with Crippen molar-refractivity contribution in [3.8, 4) is 0 Å². The van der Waals surface area contributed by atoms with E-state index >= 15 is 0 Å². The number of aliphatic hydroxyl groups is 1. The van der Waals surface area contributed by atoms with E-state index in [-0.39, 0.29) is 0 Å². The van der Waals surface area contributed by atoms with Crippen LogP contribution in [0, 0.1) is 5.92 Å². The maximum atomic E-state index is 7.00. The average Bonchev–Trinajstić information content (AvgIpc) is 2.54. The van der Waals surface area contributed by atoms with Crippen LogP contribution in [0.4, 0.5) is 0 Å². The monoisotopic (exact) mass is 293 g/mol. The highest BCUT2D eigenvalue weighted by atomic mass is 16.2. The van der Waals surface area contributed by atoms with Gasteiger partial charge in [0.25, 0.3) is 0 Å². The highest BCUT2D eigenvalue weighted by molar-refractivity contribution is 5.19. The van der Waals surface area contributed by atoms with Crippen molar-refractivity contribution < 1.29 is 5.11 Å². The molecule has 0 heterocycles. The Hall–Kier alpha value is -0.860. The molecule has 1 aliphatic rings. The summed E-state index contributed by atoms with van der Waals surface area (Å²) >= 11 is 0. The van der Waals surface area contributed by atoms with Gasteiger partial charge in [-0.3, -0.25) is 0 Å². The molecule has 21 heavy (non-hydrogen) atoms. The summed E-state index contributed by atoms with van der Waals surface area (Å²) in [5, 5.41) is 10.6. The molecule has 1 rings (SSSR count). The lowest BCUT2D eigenvalue weighted by Gasteiger charge is -2.22. The van der Waals surface area contributed by atoms with Gasteiger partial charge in [0.05, 0.1) is 0 Å². The molecule has 1 unspecified atom stereocenters. The van der Waals surface area contributed by atoms with Crippen molar-refractivity contribution in [1.29, 1.82) is 0 Å². The Bertz CT molecular complexity index is 301. The van der Waals surface area contributed by atoms with Crippen LogP contribution in [0.25, 0.3) is 0 Å². The first kappa shape index (κ1) is 20.1. The standard InChI is InChI=1S/C18H31N.CH4O/c1-4-16(2)10-8-9-11-17(3)19-15-14-18-12-6-5-7-13-18;1-2/h4,8-10,17-19H,1,5-7,11-15H2,2-3H3;2H,1H3/b9-8+,16-10-;. The Labute approximate surface area is 132 Å². The molecular formula is C19H35NO. The molecular weight excluding hydrogens is 258 g/mol. The first-order valence-corrected chi connectivity index (χ1v) is 8.36. The topological polar surface area (TPSA) is 32.3 Å². The van der Waals surface area contributed by atoms with Crippen molar-refractivity contribution >= 4 is 0 Å². The van der Waals surface area contributed by atoms with E-state index in [1.165, 1.54) is 50.6 Å². The van der Waals surface area contributed by atoms with Crippen LogP contribution in [0.5, 0.6) is 0 Å². The molecule has 2 N–H and O–H groups in total. The number of hydrogen-bond acceptors (Lipinski definition) is 2. The SMILES string of the molecule is C=C/C(C)=C\C=C\CC(C)NCCC1CCCCC1.CO. The predicted molar refractivity (Wildman–Crippen MR) is 94.5 cm³/mol. The van der Waals surface area contributed by atoms with E-state index < -0.39 is 0 Å². The summed E-state index contributed by atoms with van der Waals surface area (Å²) < 4.78 is 0. The van der Waals surface area contributed by atoms with Gasteiger partial charge in [-0.1, -0.05) is 68.6 Å². The number of nitrogens with one attached hydrogen (secondary N) is 1. The highest BCUT2D eigenvalue weighted by Crippen LogP contribution is 2.25. The summed E-state index contributed by atoms with van der Waals surface area (Å²) in [6, 6.07) is 0.581. The maximum Gasteiger partial charge on any atom is 0.0319 e. The quantitative estimate of drug-likeness (QED) is 0.640. The van der Waals surface area contributed by atoms with Crippen LogP contribution in [0.2, 0.25) is 0 Å². The van der Waals surface area contributed by atoms with Gasteiger partial charge in [-0.05, 0) is 39.2 Å². The third kappa shape index (κ3) is 11.5. The van der Waals surface area contributed by atoms with Crippen LogP contribution < -0.4 is 5.32 Å². The van der Waals surface area contributed by atoms with Crippen LogP contribution in [0.15, 0.2) is 36.5 Å². The summed E-state index contributed by atoms with van der Waals surface area (Å²) in [4.78, 5) is 0. The van der Waals surface area contributed by atoms with Gasteiger partial charge in [-0.2, -0.15) is 0 Å². The normalized spacial score (nSPS) is 18.2. The Morgan fingerprint density at radius 3 is 2.57 bits per heavy atom. The van der Waals surface area contributed by atoms with Crippen LogP contribution in [0.1, 0.15) is 58.8 Å². The van der Waals surface area contributed by atoms with E-state index in [0.29, 0.717) is 6.04 Å². The highest BCUT2D eigenvalue weighted by Gasteiger charge is 2.12. The van der Waals surface area contributed by atoms with Crippen LogP contribution in [-0.4, -0.2) is 24.8 Å². The molecule has 0 aromatic heterocycles. The molecule has 0 amide bonds. The lowest BCUT2D eigenvalue weighted by molar-refractivity contribution is 0.329. The predicted octanol–water partition coefficient (Wildman–Crippen LogP) is 4.62. The second kappa shape index (κ2) is 14.1. The molecule has 0 aromatic carbocycles. The van der Waals surface area contributed by atoms with E-state index in [1.807, 2.05) is 6.08 Å². The molecule has 0 aromatic rings. The van der Waals surface area contributed by atoms with Crippen LogP contribution in [0.3, 0.4) is 0 Å². The van der Waals surface area contributed by atoms with E-state index in [2.05, 4.69) is 44.0 Å². The summed E-state index contributed by atoms with van der Waals surface area (Å²) in [5.41, 5.74) is 1.22. The minimum Gasteiger partial charge on any atom is -0.400 e. The van der Waals surface area contributed by atoms with E-state index in [9.17, 15) is 0 Å². The smallest absolute Gasteiger partial charge is 0.0319 e. The lowest BCUT2D eigenvalue weighted by Crippen LogP contribution is -2.28. The van der Waals surface area contributed by atoms with Crippen LogP contribution >= 0.6 is 0 Å². The van der Waals surface area contributed by atoms with E-state index in [4.69, 9.17) is 5.11 Å². The maximum absolute atomic E-state index is 7.00. The lowest BCUT2D eigenvalue weighted by atomic mass is 9.87. The number of aliphatic hydroxyl groups excluding tert-OH is 1. The number of rotatable bonds is 8. The first-order chi connectivity index (χ1) is 10.2. The third-order valence-corrected chi connectivity index (χ3v) is 4.08. The fourth-order valence-corrected chi connectivity index (χ4v) is 2.66. The van der Waals surface area contributed by atoms with Crippen molar-refractivity contribution in [3.05, 3.63) is 36.5 Å². The van der Waals surface area contributed by atoms with Gasteiger partial charge in [0.1, 0.15) is 0 Å². The molecule has 0 saturated heterocycles. The fraction of sp³-hybridized carbons (Fsp3) is 0.684. The Morgan fingerprint density at radius 2 is 1.95 bits per heavy atom. The molecule has 0 radical (unpaired) electrons. The van der Waals surface area contributed by atoms with E-state index in [1.54, 1.807) is 0 Å².